The topological polar surface area (TPSA) is 31.6 Å². The third kappa shape index (κ3) is 2.19. The summed E-state index contributed by atoms with van der Waals surface area (Å²) in [5, 5.41) is 4.82. The van der Waals surface area contributed by atoms with Crippen molar-refractivity contribution in [2.45, 2.75) is 38.9 Å². The predicted octanol–water partition coefficient (Wildman–Crippen LogP) is 6.69. The molecule has 0 spiro atoms. The normalized spacial score (nSPS) is 18.2. The fraction of sp³-hybridized carbons (Fsp3) is 0.214. The van der Waals surface area contributed by atoms with E-state index in [1.165, 1.54) is 38.4 Å². The summed E-state index contributed by atoms with van der Waals surface area (Å²) in [5.41, 5.74) is 7.25. The van der Waals surface area contributed by atoms with Gasteiger partial charge in [0.25, 0.3) is 0 Å². The molecule has 1 fully saturated rings. The zero-order valence-corrected chi connectivity index (χ0v) is 18.7. The maximum Gasteiger partial charge on any atom is 0.495 e. The van der Waals surface area contributed by atoms with Crippen LogP contribution in [-0.2, 0) is 9.31 Å². The van der Waals surface area contributed by atoms with Gasteiger partial charge in [0.15, 0.2) is 0 Å². The lowest BCUT2D eigenvalue weighted by molar-refractivity contribution is 0.00578. The van der Waals surface area contributed by atoms with Crippen molar-refractivity contribution in [1.82, 2.24) is 0 Å². The van der Waals surface area contributed by atoms with Crippen LogP contribution in [-0.4, -0.2) is 18.3 Å². The van der Waals surface area contributed by atoms with E-state index in [4.69, 9.17) is 13.7 Å². The average Bonchev–Trinajstić information content (AvgIpc) is 3.36. The van der Waals surface area contributed by atoms with Gasteiger partial charge in [-0.25, -0.2) is 0 Å². The Labute approximate surface area is 187 Å². The number of rotatable bonds is 1. The second kappa shape index (κ2) is 5.83. The third-order valence-electron chi connectivity index (χ3n) is 7.68. The molecule has 1 aliphatic heterocycles. The Morgan fingerprint density at radius 3 is 2.12 bits per heavy atom. The van der Waals surface area contributed by atoms with Gasteiger partial charge in [-0.1, -0.05) is 48.5 Å². The highest BCUT2D eigenvalue weighted by molar-refractivity contribution is 6.65. The number of fused-ring (bicyclic) bond motifs is 7. The molecule has 0 amide bonds. The van der Waals surface area contributed by atoms with Crippen molar-refractivity contribution in [3.05, 3.63) is 66.7 Å². The van der Waals surface area contributed by atoms with E-state index in [9.17, 15) is 0 Å². The number of hydrogen-bond acceptors (Lipinski definition) is 3. The first-order valence-electron chi connectivity index (χ1n) is 11.2. The molecule has 1 saturated heterocycles. The van der Waals surface area contributed by atoms with E-state index < -0.39 is 0 Å². The first-order chi connectivity index (χ1) is 15.4. The van der Waals surface area contributed by atoms with E-state index in [2.05, 4.69) is 82.3 Å². The minimum absolute atomic E-state index is 0.370. The Morgan fingerprint density at radius 1 is 0.594 bits per heavy atom. The molecule has 32 heavy (non-hydrogen) atoms. The van der Waals surface area contributed by atoms with E-state index in [1.807, 2.05) is 12.1 Å². The lowest BCUT2D eigenvalue weighted by atomic mass is 9.75. The maximum absolute atomic E-state index is 6.41. The van der Waals surface area contributed by atoms with Gasteiger partial charge in [-0.05, 0) is 78.8 Å². The summed E-state index contributed by atoms with van der Waals surface area (Å²) >= 11 is 0. The second-order valence-electron chi connectivity index (χ2n) is 9.98. The average molecular weight is 418 g/mol. The molecule has 4 heteroatoms. The second-order valence-corrected chi connectivity index (χ2v) is 9.98. The molecule has 1 aromatic heterocycles. The highest BCUT2D eigenvalue weighted by atomic mass is 16.7. The van der Waals surface area contributed by atoms with Crippen molar-refractivity contribution in [3.8, 4) is 22.3 Å². The molecule has 0 N–H and O–H groups in total. The first kappa shape index (κ1) is 18.5. The van der Waals surface area contributed by atoms with Gasteiger partial charge in [0.2, 0.25) is 0 Å². The summed E-state index contributed by atoms with van der Waals surface area (Å²) in [6.45, 7) is 8.40. The van der Waals surface area contributed by atoms with Crippen LogP contribution in [0.15, 0.2) is 71.1 Å². The molecule has 0 radical (unpaired) electrons. The van der Waals surface area contributed by atoms with E-state index >= 15 is 0 Å². The summed E-state index contributed by atoms with van der Waals surface area (Å²) in [7, 11) is -0.386. The van der Waals surface area contributed by atoms with Gasteiger partial charge in [-0.2, -0.15) is 0 Å². The summed E-state index contributed by atoms with van der Waals surface area (Å²) in [4.78, 5) is 0. The largest absolute Gasteiger partial charge is 0.495 e. The predicted molar refractivity (Wildman–Crippen MR) is 131 cm³/mol. The van der Waals surface area contributed by atoms with Crippen LogP contribution in [0.1, 0.15) is 27.7 Å². The fourth-order valence-corrected chi connectivity index (χ4v) is 5.36. The number of furan rings is 1. The Balaban J connectivity index is 1.52. The molecule has 156 valence electrons. The minimum Gasteiger partial charge on any atom is -0.456 e. The van der Waals surface area contributed by atoms with Crippen molar-refractivity contribution in [3.63, 3.8) is 0 Å². The van der Waals surface area contributed by atoms with E-state index in [0.29, 0.717) is 0 Å². The van der Waals surface area contributed by atoms with E-state index in [0.717, 1.165) is 22.0 Å². The molecule has 0 atom stereocenters. The van der Waals surface area contributed by atoms with Gasteiger partial charge in [0.1, 0.15) is 11.2 Å². The Kier molecular flexibility index (Phi) is 3.37. The van der Waals surface area contributed by atoms with E-state index in [1.54, 1.807) is 0 Å². The van der Waals surface area contributed by atoms with Crippen LogP contribution < -0.4 is 5.46 Å². The minimum atomic E-state index is -0.386. The lowest BCUT2D eigenvalue weighted by Crippen LogP contribution is -2.41. The molecule has 0 saturated carbocycles. The maximum atomic E-state index is 6.41. The van der Waals surface area contributed by atoms with Crippen LogP contribution in [0.3, 0.4) is 0 Å². The van der Waals surface area contributed by atoms with Gasteiger partial charge in [-0.15, -0.1) is 0 Å². The van der Waals surface area contributed by atoms with Gasteiger partial charge >= 0.3 is 7.12 Å². The summed E-state index contributed by atoms with van der Waals surface area (Å²) < 4.78 is 19.0. The molecule has 7 rings (SSSR count). The number of para-hydroxylation sites is 1. The van der Waals surface area contributed by atoms with Crippen LogP contribution in [0.25, 0.3) is 55.0 Å². The number of benzene rings is 4. The summed E-state index contributed by atoms with van der Waals surface area (Å²) in [6.07, 6.45) is 0. The quantitative estimate of drug-likeness (QED) is 0.279. The highest BCUT2D eigenvalue weighted by Gasteiger charge is 2.52. The van der Waals surface area contributed by atoms with Crippen molar-refractivity contribution in [2.75, 3.05) is 0 Å². The van der Waals surface area contributed by atoms with Crippen LogP contribution in [0, 0.1) is 0 Å². The van der Waals surface area contributed by atoms with Crippen LogP contribution in [0.4, 0.5) is 0 Å². The molecular weight excluding hydrogens is 395 g/mol. The highest BCUT2D eigenvalue weighted by Crippen LogP contribution is 2.51. The van der Waals surface area contributed by atoms with Gasteiger partial charge in [0.05, 0.1) is 11.2 Å². The molecular formula is C28H23BO3. The van der Waals surface area contributed by atoms with Crippen molar-refractivity contribution in [2.24, 2.45) is 0 Å². The molecule has 4 aromatic carbocycles. The van der Waals surface area contributed by atoms with Gasteiger partial charge in [-0.3, -0.25) is 0 Å². The molecule has 2 heterocycles. The van der Waals surface area contributed by atoms with Crippen molar-refractivity contribution < 1.29 is 13.7 Å². The van der Waals surface area contributed by atoms with E-state index in [-0.39, 0.29) is 18.3 Å². The zero-order valence-electron chi connectivity index (χ0n) is 18.7. The SMILES string of the molecule is CC1(C)OB(c2ccc3c4c(cccc24)-c2c-3ccc3oc4ccccc4c23)OC1(C)C. The molecule has 1 aliphatic carbocycles. The summed E-state index contributed by atoms with van der Waals surface area (Å²) in [5.74, 6) is 0. The zero-order chi connectivity index (χ0) is 21.8. The van der Waals surface area contributed by atoms with Crippen molar-refractivity contribution >= 4 is 45.3 Å². The van der Waals surface area contributed by atoms with Crippen LogP contribution in [0.2, 0.25) is 0 Å². The monoisotopic (exact) mass is 418 g/mol. The molecule has 5 aromatic rings. The molecule has 0 unspecified atom stereocenters. The van der Waals surface area contributed by atoms with Gasteiger partial charge < -0.3 is 13.7 Å². The fourth-order valence-electron chi connectivity index (χ4n) is 5.36. The molecule has 2 aliphatic rings. The first-order valence-corrected chi connectivity index (χ1v) is 11.2. The summed E-state index contributed by atoms with van der Waals surface area (Å²) in [6, 6.07) is 23.6. The Morgan fingerprint density at radius 2 is 1.31 bits per heavy atom. The van der Waals surface area contributed by atoms with Gasteiger partial charge in [0, 0.05) is 16.3 Å². The molecule has 0 bridgehead atoms. The van der Waals surface area contributed by atoms with Crippen LogP contribution in [0.5, 0.6) is 0 Å². The Bertz CT molecular complexity index is 1580. The lowest BCUT2D eigenvalue weighted by Gasteiger charge is -2.32. The Hall–Kier alpha value is -3.08. The number of hydrogen-bond donors (Lipinski definition) is 0. The third-order valence-corrected chi connectivity index (χ3v) is 7.68. The van der Waals surface area contributed by atoms with Crippen molar-refractivity contribution in [1.29, 1.82) is 0 Å². The smallest absolute Gasteiger partial charge is 0.456 e. The molecule has 3 nitrogen and oxygen atoms in total. The van der Waals surface area contributed by atoms with Crippen LogP contribution >= 0.6 is 0 Å². The standard InChI is InChI=1S/C28H23BO3/c1-27(2)28(3,4)32-29(31-27)21-14-12-16-17-13-15-23-26(19-8-5-6-11-22(19)30-23)25(17)20-10-7-9-18(21)24(16)20/h5-15H,1-4H3.